The van der Waals surface area contributed by atoms with E-state index in [1.807, 2.05) is 11.7 Å². The van der Waals surface area contributed by atoms with E-state index in [9.17, 15) is 0 Å². The summed E-state index contributed by atoms with van der Waals surface area (Å²) in [5.41, 5.74) is 7.77. The molecule has 2 rings (SSSR count). The molecule has 0 unspecified atom stereocenters. The minimum Gasteiger partial charge on any atom is -0.396 e. The molecule has 0 amide bonds. The van der Waals surface area contributed by atoms with Crippen molar-refractivity contribution in [3.05, 3.63) is 11.9 Å². The lowest BCUT2D eigenvalue weighted by Gasteiger charge is -1.98. The van der Waals surface area contributed by atoms with Gasteiger partial charge in [0.1, 0.15) is 0 Å². The summed E-state index contributed by atoms with van der Waals surface area (Å²) in [6.45, 7) is 0. The molecule has 0 radical (unpaired) electrons. The summed E-state index contributed by atoms with van der Waals surface area (Å²) in [4.78, 5) is 0. The highest BCUT2D eigenvalue weighted by molar-refractivity contribution is 5.85. The highest BCUT2D eigenvalue weighted by atomic mass is 35.5. The van der Waals surface area contributed by atoms with Crippen molar-refractivity contribution in [3.8, 4) is 0 Å². The maximum absolute atomic E-state index is 5.70. The van der Waals surface area contributed by atoms with Crippen LogP contribution in [0.5, 0.6) is 0 Å². The number of hydrogen-bond donors (Lipinski definition) is 1. The van der Waals surface area contributed by atoms with E-state index in [4.69, 9.17) is 5.73 Å². The van der Waals surface area contributed by atoms with Crippen LogP contribution in [0, 0.1) is 0 Å². The van der Waals surface area contributed by atoms with E-state index in [2.05, 4.69) is 5.10 Å². The largest absolute Gasteiger partial charge is 0.396 e. The molecule has 1 aromatic heterocycles. The fourth-order valence-electron chi connectivity index (χ4n) is 1.32. The number of aromatic nitrogens is 2. The number of nitrogens with zero attached hydrogens (tertiary/aromatic N) is 2. The fourth-order valence-corrected chi connectivity index (χ4v) is 1.32. The van der Waals surface area contributed by atoms with Crippen molar-refractivity contribution in [2.45, 2.75) is 18.8 Å². The maximum atomic E-state index is 5.70. The minimum atomic E-state index is 0. The second-order valence-corrected chi connectivity index (χ2v) is 2.88. The average Bonchev–Trinajstić information content (AvgIpc) is 2.64. The van der Waals surface area contributed by atoms with Gasteiger partial charge < -0.3 is 5.73 Å². The van der Waals surface area contributed by atoms with Crippen LogP contribution in [-0.2, 0) is 7.05 Å². The predicted octanol–water partition coefficient (Wildman–Crippen LogP) is 1.72. The highest BCUT2D eigenvalue weighted by Gasteiger charge is 2.28. The van der Waals surface area contributed by atoms with Crippen LogP contribution in [0.3, 0.4) is 0 Å². The molecule has 12 heavy (non-hydrogen) atoms. The fraction of sp³-hybridized carbons (Fsp3) is 0.571. The lowest BCUT2D eigenvalue weighted by atomic mass is 10.2. The van der Waals surface area contributed by atoms with Gasteiger partial charge in [0.25, 0.3) is 0 Å². The van der Waals surface area contributed by atoms with Crippen LogP contribution in [0.25, 0.3) is 0 Å². The summed E-state index contributed by atoms with van der Waals surface area (Å²) in [6.07, 6.45) is 4.29. The van der Waals surface area contributed by atoms with Crippen molar-refractivity contribution in [1.82, 2.24) is 9.78 Å². The molecule has 1 fully saturated rings. The van der Waals surface area contributed by atoms with Gasteiger partial charge in [-0.2, -0.15) is 5.10 Å². The lowest BCUT2D eigenvalue weighted by molar-refractivity contribution is 0.714. The molecule has 0 aromatic carbocycles. The van der Waals surface area contributed by atoms with Gasteiger partial charge in [-0.1, -0.05) is 0 Å². The normalized spacial score (nSPS) is 14.8. The Balaban J connectivity index is 0.000000605. The molecule has 1 saturated carbocycles. The van der Waals surface area contributed by atoms with Crippen molar-refractivity contribution < 1.29 is 0 Å². The molecule has 2 N–H and O–H groups in total. The van der Waals surface area contributed by atoms with E-state index in [0.29, 0.717) is 5.92 Å². The second kappa shape index (κ2) is 4.01. The second-order valence-electron chi connectivity index (χ2n) is 2.88. The molecule has 0 spiro atoms. The van der Waals surface area contributed by atoms with E-state index < -0.39 is 0 Å². The molecule has 1 aliphatic carbocycles. The monoisotopic (exact) mass is 209 g/mol. The topological polar surface area (TPSA) is 43.8 Å². The zero-order valence-corrected chi connectivity index (χ0v) is 8.49. The molecule has 5 heteroatoms. The molecule has 0 atom stereocenters. The first-order valence-corrected chi connectivity index (χ1v) is 3.56. The van der Waals surface area contributed by atoms with Crippen LogP contribution in [-0.4, -0.2) is 9.78 Å². The van der Waals surface area contributed by atoms with E-state index in [1.165, 1.54) is 18.5 Å². The van der Waals surface area contributed by atoms with Crippen LogP contribution in [0.4, 0.5) is 5.69 Å². The molecule has 1 heterocycles. The molecular formula is C7H13Cl2N3. The van der Waals surface area contributed by atoms with E-state index >= 15 is 0 Å². The Morgan fingerprint density at radius 1 is 1.50 bits per heavy atom. The molecule has 0 aliphatic heterocycles. The number of nitrogens with two attached hydrogens (primary N) is 1. The summed E-state index contributed by atoms with van der Waals surface area (Å²) in [5, 5.41) is 4.07. The molecule has 3 nitrogen and oxygen atoms in total. The SMILES string of the molecule is Cl.Cl.Cn1ncc(N)c1C1CC1. The van der Waals surface area contributed by atoms with Gasteiger partial charge in [-0.25, -0.2) is 0 Å². The summed E-state index contributed by atoms with van der Waals surface area (Å²) in [6, 6.07) is 0. The van der Waals surface area contributed by atoms with Gasteiger partial charge in [-0.05, 0) is 12.8 Å². The van der Waals surface area contributed by atoms with Gasteiger partial charge in [0.15, 0.2) is 0 Å². The Morgan fingerprint density at radius 3 is 2.42 bits per heavy atom. The standard InChI is InChI=1S/C7H11N3.2ClH/c1-10-7(5-2-3-5)6(8)4-9-10;;/h4-5H,2-3,8H2,1H3;2*1H. The van der Waals surface area contributed by atoms with Crippen LogP contribution in [0.15, 0.2) is 6.20 Å². The minimum absolute atomic E-state index is 0. The Morgan fingerprint density at radius 2 is 2.08 bits per heavy atom. The molecule has 0 saturated heterocycles. The van der Waals surface area contributed by atoms with Gasteiger partial charge in [0.2, 0.25) is 0 Å². The Hall–Kier alpha value is -0.410. The van der Waals surface area contributed by atoms with E-state index in [1.54, 1.807) is 6.20 Å². The zero-order chi connectivity index (χ0) is 7.14. The van der Waals surface area contributed by atoms with Gasteiger partial charge in [0.05, 0.1) is 17.6 Å². The first-order chi connectivity index (χ1) is 4.79. The van der Waals surface area contributed by atoms with Gasteiger partial charge >= 0.3 is 0 Å². The summed E-state index contributed by atoms with van der Waals surface area (Å²) in [7, 11) is 1.95. The third-order valence-corrected chi connectivity index (χ3v) is 1.98. The molecular weight excluding hydrogens is 197 g/mol. The summed E-state index contributed by atoms with van der Waals surface area (Å²) in [5.74, 6) is 0.701. The van der Waals surface area contributed by atoms with Crippen molar-refractivity contribution in [2.24, 2.45) is 7.05 Å². The highest BCUT2D eigenvalue weighted by Crippen LogP contribution is 2.42. The van der Waals surface area contributed by atoms with Gasteiger partial charge in [-0.3, -0.25) is 4.68 Å². The zero-order valence-electron chi connectivity index (χ0n) is 6.86. The number of anilines is 1. The number of nitrogen functional groups attached to an aromatic ring is 1. The Bertz CT molecular complexity index is 236. The van der Waals surface area contributed by atoms with Gasteiger partial charge in [-0.15, -0.1) is 24.8 Å². The Kier molecular flexibility index (Phi) is 3.87. The van der Waals surface area contributed by atoms with Crippen LogP contribution < -0.4 is 5.73 Å². The molecule has 1 aliphatic rings. The van der Waals surface area contributed by atoms with Crippen LogP contribution >= 0.6 is 24.8 Å². The first-order valence-electron chi connectivity index (χ1n) is 3.56. The quantitative estimate of drug-likeness (QED) is 0.766. The molecule has 70 valence electrons. The average molecular weight is 210 g/mol. The van der Waals surface area contributed by atoms with Crippen LogP contribution in [0.1, 0.15) is 24.5 Å². The van der Waals surface area contributed by atoms with Crippen LogP contribution in [0.2, 0.25) is 0 Å². The summed E-state index contributed by atoms with van der Waals surface area (Å²) < 4.78 is 1.88. The number of rotatable bonds is 1. The smallest absolute Gasteiger partial charge is 0.0735 e. The van der Waals surface area contributed by atoms with E-state index in [-0.39, 0.29) is 24.8 Å². The van der Waals surface area contributed by atoms with Crippen molar-refractivity contribution in [3.63, 3.8) is 0 Å². The summed E-state index contributed by atoms with van der Waals surface area (Å²) >= 11 is 0. The Labute approximate surface area is 84.1 Å². The maximum Gasteiger partial charge on any atom is 0.0735 e. The third kappa shape index (κ3) is 1.84. The van der Waals surface area contributed by atoms with Crippen molar-refractivity contribution in [1.29, 1.82) is 0 Å². The van der Waals surface area contributed by atoms with Crippen molar-refractivity contribution in [2.75, 3.05) is 5.73 Å². The van der Waals surface area contributed by atoms with Gasteiger partial charge in [0, 0.05) is 13.0 Å². The van der Waals surface area contributed by atoms with Crippen molar-refractivity contribution >= 4 is 30.5 Å². The number of hydrogen-bond acceptors (Lipinski definition) is 2. The number of aryl methyl sites for hydroxylation is 1. The predicted molar refractivity (Wildman–Crippen MR) is 54.1 cm³/mol. The molecule has 0 bridgehead atoms. The number of halogens is 2. The third-order valence-electron chi connectivity index (χ3n) is 1.98. The first kappa shape index (κ1) is 11.6. The lowest BCUT2D eigenvalue weighted by Crippen LogP contribution is -1.98. The molecule has 1 aromatic rings. The van der Waals surface area contributed by atoms with E-state index in [0.717, 1.165) is 5.69 Å².